The number of pyridine rings is 2. The summed E-state index contributed by atoms with van der Waals surface area (Å²) in [6.07, 6.45) is 6.11. The van der Waals surface area contributed by atoms with Gasteiger partial charge in [-0.1, -0.05) is 29.3 Å². The average Bonchev–Trinajstić information content (AvgIpc) is 3.24. The molecule has 1 aliphatic heterocycles. The molecular weight excluding hydrogens is 502 g/mol. The molecule has 4 heterocycles. The average molecular weight is 527 g/mol. The quantitative estimate of drug-likeness (QED) is 0.276. The van der Waals surface area contributed by atoms with Gasteiger partial charge in [0.15, 0.2) is 11.6 Å². The molecule has 0 unspecified atom stereocenters. The molecule has 0 spiro atoms. The Labute approximate surface area is 218 Å². The maximum atomic E-state index is 15.1. The van der Waals surface area contributed by atoms with Crippen molar-refractivity contribution in [2.45, 2.75) is 25.5 Å². The fraction of sp³-hybridized carbons (Fsp3) is 0.269. The molecule has 3 aromatic heterocycles. The summed E-state index contributed by atoms with van der Waals surface area (Å²) in [7, 11) is 0. The summed E-state index contributed by atoms with van der Waals surface area (Å²) in [6.45, 7) is 9.74. The van der Waals surface area contributed by atoms with Gasteiger partial charge in [0, 0.05) is 54.7 Å². The minimum atomic E-state index is -0.414. The van der Waals surface area contributed by atoms with Gasteiger partial charge < -0.3 is 15.0 Å². The number of fused-ring (bicyclic) bond motifs is 1. The Bertz CT molecular complexity index is 1420. The number of aromatic amines is 1. The molecule has 0 radical (unpaired) electrons. The number of hydrogen-bond acceptors (Lipinski definition) is 6. The van der Waals surface area contributed by atoms with Crippen LogP contribution in [0.5, 0.6) is 5.75 Å². The highest BCUT2D eigenvalue weighted by Crippen LogP contribution is 2.36. The van der Waals surface area contributed by atoms with Crippen molar-refractivity contribution in [1.29, 1.82) is 0 Å². The topological polar surface area (TPSA) is 79.0 Å². The molecule has 186 valence electrons. The van der Waals surface area contributed by atoms with Crippen LogP contribution in [0, 0.1) is 5.82 Å². The van der Waals surface area contributed by atoms with Crippen LogP contribution in [0.2, 0.25) is 10.0 Å². The first-order valence-electron chi connectivity index (χ1n) is 11.5. The second kappa shape index (κ2) is 9.69. The van der Waals surface area contributed by atoms with Gasteiger partial charge in [-0.3, -0.25) is 10.1 Å². The Morgan fingerprint density at radius 1 is 1.25 bits per heavy atom. The van der Waals surface area contributed by atoms with E-state index in [2.05, 4.69) is 39.0 Å². The third-order valence-corrected chi connectivity index (χ3v) is 6.89. The summed E-state index contributed by atoms with van der Waals surface area (Å²) in [4.78, 5) is 10.3. The predicted molar refractivity (Wildman–Crippen MR) is 141 cm³/mol. The van der Waals surface area contributed by atoms with Crippen LogP contribution in [0.25, 0.3) is 22.2 Å². The highest BCUT2D eigenvalue weighted by atomic mass is 35.5. The zero-order valence-electron chi connectivity index (χ0n) is 19.9. The first-order chi connectivity index (χ1) is 17.3. The Morgan fingerprint density at radius 3 is 2.69 bits per heavy atom. The Kier molecular flexibility index (Phi) is 6.59. The van der Waals surface area contributed by atoms with Crippen molar-refractivity contribution < 1.29 is 9.13 Å². The molecule has 2 N–H and O–H groups in total. The van der Waals surface area contributed by atoms with E-state index in [4.69, 9.17) is 27.9 Å². The predicted octanol–water partition coefficient (Wildman–Crippen LogP) is 5.96. The van der Waals surface area contributed by atoms with Crippen molar-refractivity contribution in [2.75, 3.05) is 24.5 Å². The number of benzene rings is 1. The maximum Gasteiger partial charge on any atom is 0.166 e. The van der Waals surface area contributed by atoms with E-state index in [-0.39, 0.29) is 5.54 Å². The maximum absolute atomic E-state index is 15.1. The Balaban J connectivity index is 1.38. The molecule has 10 heteroatoms. The van der Waals surface area contributed by atoms with Crippen molar-refractivity contribution >= 4 is 39.9 Å². The van der Waals surface area contributed by atoms with Gasteiger partial charge >= 0.3 is 0 Å². The van der Waals surface area contributed by atoms with Crippen LogP contribution in [0.15, 0.2) is 55.5 Å². The summed E-state index contributed by atoms with van der Waals surface area (Å²) >= 11 is 12.6. The van der Waals surface area contributed by atoms with E-state index >= 15 is 4.39 Å². The SMILES string of the molecule is C=CCNC1(C)CN(c2ncc(-c3n[nH]c4ccc(O[C@H](C)c5c(Cl)cncc5Cl)cc34)cc2F)C1. The molecule has 4 aromatic rings. The second-order valence-electron chi connectivity index (χ2n) is 9.17. The van der Waals surface area contributed by atoms with Crippen LogP contribution in [0.3, 0.4) is 0 Å². The van der Waals surface area contributed by atoms with Crippen molar-refractivity contribution in [3.05, 3.63) is 76.9 Å². The zero-order chi connectivity index (χ0) is 25.4. The van der Waals surface area contributed by atoms with Gasteiger partial charge in [-0.05, 0) is 38.1 Å². The molecule has 0 amide bonds. The molecule has 1 atom stereocenters. The summed E-state index contributed by atoms with van der Waals surface area (Å²) < 4.78 is 21.2. The summed E-state index contributed by atoms with van der Waals surface area (Å²) in [6, 6.07) is 7.01. The summed E-state index contributed by atoms with van der Waals surface area (Å²) in [5.74, 6) is 0.538. The van der Waals surface area contributed by atoms with E-state index in [1.807, 2.05) is 36.1 Å². The lowest BCUT2D eigenvalue weighted by molar-refractivity contribution is 0.227. The van der Waals surface area contributed by atoms with Crippen molar-refractivity contribution in [2.24, 2.45) is 0 Å². The Hall–Kier alpha value is -3.20. The first-order valence-corrected chi connectivity index (χ1v) is 12.2. The molecule has 0 saturated carbocycles. The van der Waals surface area contributed by atoms with E-state index in [9.17, 15) is 0 Å². The van der Waals surface area contributed by atoms with Crippen LogP contribution in [-0.2, 0) is 0 Å². The number of nitrogens with zero attached hydrogens (tertiary/aromatic N) is 4. The van der Waals surface area contributed by atoms with Gasteiger partial charge in [0.2, 0.25) is 0 Å². The normalized spacial score (nSPS) is 15.5. The third-order valence-electron chi connectivity index (χ3n) is 6.29. The van der Waals surface area contributed by atoms with E-state index in [0.29, 0.717) is 58.1 Å². The van der Waals surface area contributed by atoms with Gasteiger partial charge in [-0.15, -0.1) is 6.58 Å². The van der Waals surface area contributed by atoms with Gasteiger partial charge in [-0.2, -0.15) is 5.10 Å². The van der Waals surface area contributed by atoms with Gasteiger partial charge in [0.25, 0.3) is 0 Å². The van der Waals surface area contributed by atoms with Crippen LogP contribution in [0.4, 0.5) is 10.2 Å². The number of ether oxygens (including phenoxy) is 1. The second-order valence-corrected chi connectivity index (χ2v) is 9.99. The fourth-order valence-electron chi connectivity index (χ4n) is 4.53. The minimum absolute atomic E-state index is 0.0857. The molecule has 7 nitrogen and oxygen atoms in total. The fourth-order valence-corrected chi connectivity index (χ4v) is 5.20. The number of H-pyrrole nitrogens is 1. The number of hydrogen-bond donors (Lipinski definition) is 2. The molecule has 0 aliphatic carbocycles. The molecule has 1 saturated heterocycles. The lowest BCUT2D eigenvalue weighted by Crippen LogP contribution is -2.68. The number of halogens is 3. The van der Waals surface area contributed by atoms with Crippen LogP contribution < -0.4 is 15.0 Å². The Morgan fingerprint density at radius 2 is 2.00 bits per heavy atom. The monoisotopic (exact) mass is 526 g/mol. The molecule has 36 heavy (non-hydrogen) atoms. The molecule has 1 aromatic carbocycles. The largest absolute Gasteiger partial charge is 0.486 e. The van der Waals surface area contributed by atoms with E-state index in [1.54, 1.807) is 6.20 Å². The highest BCUT2D eigenvalue weighted by Gasteiger charge is 2.39. The van der Waals surface area contributed by atoms with E-state index < -0.39 is 11.9 Å². The first kappa shape index (κ1) is 24.5. The molecule has 0 bridgehead atoms. The van der Waals surface area contributed by atoms with E-state index in [0.717, 1.165) is 10.9 Å². The van der Waals surface area contributed by atoms with E-state index in [1.165, 1.54) is 18.5 Å². The lowest BCUT2D eigenvalue weighted by Gasteiger charge is -2.49. The number of anilines is 1. The molecule has 1 fully saturated rings. The lowest BCUT2D eigenvalue weighted by atomic mass is 9.92. The highest BCUT2D eigenvalue weighted by molar-refractivity contribution is 6.35. The van der Waals surface area contributed by atoms with Gasteiger partial charge in [0.1, 0.15) is 17.5 Å². The van der Waals surface area contributed by atoms with Crippen LogP contribution in [-0.4, -0.2) is 45.3 Å². The standard InChI is InChI=1S/C26H25Cl2FN6O/c1-4-7-32-26(3)13-35(14-26)25-21(29)8-16(10-31-25)24-18-9-17(5-6-22(18)33-34-24)36-15(2)23-19(27)11-30-12-20(23)28/h4-6,8-12,15,32H,1,7,13-14H2,2-3H3,(H,33,34)/t15-/m1/s1. The number of nitrogens with one attached hydrogen (secondary N) is 2. The minimum Gasteiger partial charge on any atom is -0.486 e. The van der Waals surface area contributed by atoms with Crippen molar-refractivity contribution in [1.82, 2.24) is 25.5 Å². The number of rotatable bonds is 8. The summed E-state index contributed by atoms with van der Waals surface area (Å²) in [5, 5.41) is 12.4. The van der Waals surface area contributed by atoms with Gasteiger partial charge in [-0.25, -0.2) is 9.37 Å². The third kappa shape index (κ3) is 4.64. The molecular formula is C26H25Cl2FN6O. The number of aromatic nitrogens is 4. The van der Waals surface area contributed by atoms with Gasteiger partial charge in [0.05, 0.1) is 21.1 Å². The molecule has 1 aliphatic rings. The van der Waals surface area contributed by atoms with Crippen LogP contribution in [0.1, 0.15) is 25.5 Å². The van der Waals surface area contributed by atoms with Crippen molar-refractivity contribution in [3.63, 3.8) is 0 Å². The zero-order valence-corrected chi connectivity index (χ0v) is 21.4. The molecule has 5 rings (SSSR count). The summed E-state index contributed by atoms with van der Waals surface area (Å²) in [5.41, 5.74) is 2.52. The smallest absolute Gasteiger partial charge is 0.166 e. The van der Waals surface area contributed by atoms with Crippen LogP contribution >= 0.6 is 23.2 Å². The van der Waals surface area contributed by atoms with Crippen molar-refractivity contribution in [3.8, 4) is 17.0 Å².